The first-order valence-corrected chi connectivity index (χ1v) is 7.13. The van der Waals surface area contributed by atoms with Gasteiger partial charge in [-0.2, -0.15) is 0 Å². The Balaban J connectivity index is 2.16. The smallest absolute Gasteiger partial charge is 0.114 e. The molecule has 0 saturated carbocycles. The van der Waals surface area contributed by atoms with Crippen molar-refractivity contribution in [1.29, 1.82) is 0 Å². The summed E-state index contributed by atoms with van der Waals surface area (Å²) in [6.45, 7) is 1.94. The highest BCUT2D eigenvalue weighted by molar-refractivity contribution is 6.04. The Bertz CT molecular complexity index is 763. The van der Waals surface area contributed by atoms with Crippen molar-refractivity contribution in [1.82, 2.24) is 9.55 Å². The summed E-state index contributed by atoms with van der Waals surface area (Å²) in [5.41, 5.74) is 2.51. The van der Waals surface area contributed by atoms with Crippen molar-refractivity contribution >= 4 is 5.71 Å². The first kappa shape index (κ1) is 14.1. The molecule has 1 aromatic heterocycles. The molecule has 1 N–H and O–H groups in total. The highest BCUT2D eigenvalue weighted by Crippen LogP contribution is 2.25. The van der Waals surface area contributed by atoms with Gasteiger partial charge in [0.05, 0.1) is 0 Å². The number of rotatable bonds is 4. The van der Waals surface area contributed by atoms with Gasteiger partial charge in [-0.3, -0.25) is 0 Å². The van der Waals surface area contributed by atoms with Gasteiger partial charge in [0.15, 0.2) is 0 Å². The van der Waals surface area contributed by atoms with Crippen LogP contribution in [0.2, 0.25) is 0 Å². The summed E-state index contributed by atoms with van der Waals surface area (Å²) in [7, 11) is 0. The Morgan fingerprint density at radius 1 is 1.05 bits per heavy atom. The van der Waals surface area contributed by atoms with Crippen molar-refractivity contribution < 1.29 is 5.21 Å². The molecule has 2 aromatic carbocycles. The molecule has 0 spiro atoms. The largest absolute Gasteiger partial charge is 0.411 e. The number of oxime groups is 1. The monoisotopic (exact) mass is 291 g/mol. The molecule has 0 saturated heterocycles. The lowest BCUT2D eigenvalue weighted by atomic mass is 9.96. The van der Waals surface area contributed by atoms with Gasteiger partial charge in [-0.15, -0.1) is 0 Å². The van der Waals surface area contributed by atoms with E-state index in [1.54, 1.807) is 6.20 Å². The molecule has 4 nitrogen and oxygen atoms in total. The molecule has 0 aliphatic rings. The second kappa shape index (κ2) is 6.26. The molecule has 0 aliphatic heterocycles. The maximum Gasteiger partial charge on any atom is 0.114 e. The van der Waals surface area contributed by atoms with Gasteiger partial charge < -0.3 is 9.77 Å². The summed E-state index contributed by atoms with van der Waals surface area (Å²) in [5.74, 6) is 0.867. The Morgan fingerprint density at radius 2 is 1.68 bits per heavy atom. The minimum atomic E-state index is -0.226. The number of imidazole rings is 1. The normalized spacial score (nSPS) is 13.0. The third-order valence-electron chi connectivity index (χ3n) is 3.69. The topological polar surface area (TPSA) is 50.4 Å². The molecule has 110 valence electrons. The highest BCUT2D eigenvalue weighted by Gasteiger charge is 2.23. The number of hydrogen-bond donors (Lipinski definition) is 1. The van der Waals surface area contributed by atoms with E-state index in [1.165, 1.54) is 0 Å². The predicted molar refractivity (Wildman–Crippen MR) is 86.3 cm³/mol. The summed E-state index contributed by atoms with van der Waals surface area (Å²) in [4.78, 5) is 4.30. The summed E-state index contributed by atoms with van der Waals surface area (Å²) in [6, 6.07) is 19.5. The van der Waals surface area contributed by atoms with Gasteiger partial charge in [0.2, 0.25) is 0 Å². The predicted octanol–water partition coefficient (Wildman–Crippen LogP) is 3.66. The number of aryl methyl sites for hydroxylation is 1. The zero-order chi connectivity index (χ0) is 15.4. The standard InChI is InChI=1S/C18H17N3O/c1-14-19-12-13-21(14)18(16-10-6-3-7-11-16)17(20-22)15-8-4-2-5-9-15/h2-13,18,22H,1H3. The molecule has 0 radical (unpaired) electrons. The quantitative estimate of drug-likeness (QED) is 0.453. The molecular formula is C18H17N3O. The van der Waals surface area contributed by atoms with Crippen molar-refractivity contribution in [2.45, 2.75) is 13.0 Å². The average molecular weight is 291 g/mol. The van der Waals surface area contributed by atoms with Crippen LogP contribution in [0.15, 0.2) is 78.2 Å². The third kappa shape index (κ3) is 2.63. The van der Waals surface area contributed by atoms with Crippen LogP contribution in [0.4, 0.5) is 0 Å². The second-order valence-electron chi connectivity index (χ2n) is 5.05. The van der Waals surface area contributed by atoms with E-state index in [-0.39, 0.29) is 6.04 Å². The van der Waals surface area contributed by atoms with Crippen molar-refractivity contribution in [2.24, 2.45) is 5.16 Å². The summed E-state index contributed by atoms with van der Waals surface area (Å²) < 4.78 is 2.01. The van der Waals surface area contributed by atoms with Crippen LogP contribution >= 0.6 is 0 Å². The minimum absolute atomic E-state index is 0.226. The summed E-state index contributed by atoms with van der Waals surface area (Å²) >= 11 is 0. The van der Waals surface area contributed by atoms with E-state index in [0.29, 0.717) is 5.71 Å². The lowest BCUT2D eigenvalue weighted by Crippen LogP contribution is -2.22. The van der Waals surface area contributed by atoms with Crippen LogP contribution in [0.25, 0.3) is 0 Å². The van der Waals surface area contributed by atoms with Crippen molar-refractivity contribution in [3.63, 3.8) is 0 Å². The first-order chi connectivity index (χ1) is 10.8. The molecule has 1 atom stereocenters. The fourth-order valence-corrected chi connectivity index (χ4v) is 2.63. The average Bonchev–Trinajstić information content (AvgIpc) is 3.00. The van der Waals surface area contributed by atoms with Crippen LogP contribution in [0.1, 0.15) is 23.0 Å². The molecule has 0 aliphatic carbocycles. The van der Waals surface area contributed by atoms with Crippen LogP contribution in [0, 0.1) is 6.92 Å². The molecule has 0 bridgehead atoms. The molecular weight excluding hydrogens is 274 g/mol. The molecule has 3 rings (SSSR count). The van der Waals surface area contributed by atoms with E-state index in [2.05, 4.69) is 10.1 Å². The molecule has 0 amide bonds. The molecule has 1 heterocycles. The van der Waals surface area contributed by atoms with Crippen molar-refractivity contribution in [3.05, 3.63) is 90.0 Å². The van der Waals surface area contributed by atoms with E-state index in [4.69, 9.17) is 0 Å². The Hall–Kier alpha value is -2.88. The van der Waals surface area contributed by atoms with E-state index < -0.39 is 0 Å². The van der Waals surface area contributed by atoms with Crippen LogP contribution in [0.3, 0.4) is 0 Å². The second-order valence-corrected chi connectivity index (χ2v) is 5.05. The Kier molecular flexibility index (Phi) is 4.01. The van der Waals surface area contributed by atoms with Crippen LogP contribution in [0.5, 0.6) is 0 Å². The molecule has 0 fully saturated rings. The van der Waals surface area contributed by atoms with E-state index >= 15 is 0 Å². The molecule has 1 unspecified atom stereocenters. The SMILES string of the molecule is Cc1nccn1C(C(=NO)c1ccccc1)c1ccccc1. The van der Waals surface area contributed by atoms with Crippen LogP contribution in [-0.4, -0.2) is 20.5 Å². The zero-order valence-electron chi connectivity index (χ0n) is 12.3. The first-order valence-electron chi connectivity index (χ1n) is 7.13. The number of aromatic nitrogens is 2. The van der Waals surface area contributed by atoms with Gasteiger partial charge in [-0.1, -0.05) is 65.8 Å². The van der Waals surface area contributed by atoms with Crippen molar-refractivity contribution in [2.75, 3.05) is 0 Å². The highest BCUT2D eigenvalue weighted by atomic mass is 16.4. The number of nitrogens with zero attached hydrogens (tertiary/aromatic N) is 3. The van der Waals surface area contributed by atoms with E-state index in [1.807, 2.05) is 78.4 Å². The van der Waals surface area contributed by atoms with Crippen LogP contribution in [-0.2, 0) is 0 Å². The lowest BCUT2D eigenvalue weighted by Gasteiger charge is -2.22. The molecule has 4 heteroatoms. The fraction of sp³-hybridized carbons (Fsp3) is 0.111. The Morgan fingerprint density at radius 3 is 2.23 bits per heavy atom. The zero-order valence-corrected chi connectivity index (χ0v) is 12.3. The fourth-order valence-electron chi connectivity index (χ4n) is 2.63. The molecule has 3 aromatic rings. The van der Waals surface area contributed by atoms with Gasteiger partial charge in [0.25, 0.3) is 0 Å². The van der Waals surface area contributed by atoms with Gasteiger partial charge in [-0.05, 0) is 12.5 Å². The van der Waals surface area contributed by atoms with Gasteiger partial charge in [0, 0.05) is 18.0 Å². The summed E-state index contributed by atoms with van der Waals surface area (Å²) in [6.07, 6.45) is 3.66. The van der Waals surface area contributed by atoms with E-state index in [9.17, 15) is 5.21 Å². The Labute approximate surface area is 129 Å². The van der Waals surface area contributed by atoms with Gasteiger partial charge >= 0.3 is 0 Å². The van der Waals surface area contributed by atoms with Gasteiger partial charge in [0.1, 0.15) is 17.6 Å². The van der Waals surface area contributed by atoms with E-state index in [0.717, 1.165) is 17.0 Å². The number of hydrogen-bond acceptors (Lipinski definition) is 3. The van der Waals surface area contributed by atoms with Crippen LogP contribution < -0.4 is 0 Å². The lowest BCUT2D eigenvalue weighted by molar-refractivity contribution is 0.316. The third-order valence-corrected chi connectivity index (χ3v) is 3.69. The molecule has 22 heavy (non-hydrogen) atoms. The maximum absolute atomic E-state index is 9.66. The van der Waals surface area contributed by atoms with Gasteiger partial charge in [-0.25, -0.2) is 4.98 Å². The van der Waals surface area contributed by atoms with Crippen molar-refractivity contribution in [3.8, 4) is 0 Å². The minimum Gasteiger partial charge on any atom is -0.411 e. The summed E-state index contributed by atoms with van der Waals surface area (Å²) in [5, 5.41) is 13.3. The maximum atomic E-state index is 9.66. The number of benzene rings is 2.